The molecule has 0 bridgehead atoms. The fraction of sp³-hybridized carbons (Fsp3) is 0.0769. The predicted molar refractivity (Wildman–Crippen MR) is 76.3 cm³/mol. The van der Waals surface area contributed by atoms with Crippen LogP contribution in [-0.4, -0.2) is 10.9 Å². The molecule has 2 rings (SSSR count). The van der Waals surface area contributed by atoms with Crippen LogP contribution in [0, 0.1) is 0 Å². The Hall–Kier alpha value is -1.60. The van der Waals surface area contributed by atoms with Crippen LogP contribution >= 0.6 is 27.5 Å². The van der Waals surface area contributed by atoms with Crippen LogP contribution in [0.2, 0.25) is 5.02 Å². The summed E-state index contributed by atoms with van der Waals surface area (Å²) in [5.74, 6) is -0.783. The van der Waals surface area contributed by atoms with Gasteiger partial charge in [-0.05, 0) is 40.2 Å². The molecule has 0 radical (unpaired) electrons. The molecule has 110 valence electrons. The molecule has 0 saturated carbocycles. The Morgan fingerprint density at radius 2 is 1.86 bits per heavy atom. The van der Waals surface area contributed by atoms with E-state index >= 15 is 0 Å². The number of carbonyl (C=O) groups excluding carboxylic acids is 1. The molecule has 8 heteroatoms. The van der Waals surface area contributed by atoms with Crippen molar-refractivity contribution in [2.75, 3.05) is 5.32 Å². The van der Waals surface area contributed by atoms with Crippen molar-refractivity contribution < 1.29 is 18.0 Å². The summed E-state index contributed by atoms with van der Waals surface area (Å²) in [7, 11) is 0. The molecule has 3 nitrogen and oxygen atoms in total. The Morgan fingerprint density at radius 3 is 2.48 bits per heavy atom. The zero-order valence-corrected chi connectivity index (χ0v) is 12.6. The number of amides is 1. The van der Waals surface area contributed by atoms with Gasteiger partial charge in [-0.1, -0.05) is 23.7 Å². The van der Waals surface area contributed by atoms with Crippen LogP contribution in [0.5, 0.6) is 0 Å². The van der Waals surface area contributed by atoms with Crippen LogP contribution in [-0.2, 0) is 6.18 Å². The number of hydrogen-bond acceptors (Lipinski definition) is 2. The van der Waals surface area contributed by atoms with E-state index in [1.807, 2.05) is 0 Å². The number of hydrogen-bond donors (Lipinski definition) is 1. The van der Waals surface area contributed by atoms with Crippen molar-refractivity contribution in [3.8, 4) is 0 Å². The number of pyridine rings is 1. The molecule has 1 aromatic carbocycles. The smallest absolute Gasteiger partial charge is 0.319 e. The summed E-state index contributed by atoms with van der Waals surface area (Å²) in [4.78, 5) is 15.8. The van der Waals surface area contributed by atoms with Crippen molar-refractivity contribution in [3.05, 3.63) is 57.3 Å². The van der Waals surface area contributed by atoms with Crippen LogP contribution in [0.1, 0.15) is 16.1 Å². The molecule has 1 heterocycles. The standard InChI is InChI=1S/C13H7BrClF3N2O/c14-10-6-2-5-9(19-10)12(21)20-11-7(13(16,17)18)3-1-4-8(11)15/h1-6H,(H,20,21). The fourth-order valence-electron chi connectivity index (χ4n) is 1.60. The van der Waals surface area contributed by atoms with Crippen LogP contribution < -0.4 is 5.32 Å². The van der Waals surface area contributed by atoms with Gasteiger partial charge in [0.2, 0.25) is 0 Å². The van der Waals surface area contributed by atoms with E-state index in [2.05, 4.69) is 26.2 Å². The van der Waals surface area contributed by atoms with Crippen LogP contribution in [0.3, 0.4) is 0 Å². The number of carbonyl (C=O) groups is 1. The zero-order valence-electron chi connectivity index (χ0n) is 10.2. The summed E-state index contributed by atoms with van der Waals surface area (Å²) in [6.07, 6.45) is -4.63. The van der Waals surface area contributed by atoms with E-state index in [1.54, 1.807) is 12.1 Å². The van der Waals surface area contributed by atoms with E-state index in [0.29, 0.717) is 4.60 Å². The minimum Gasteiger partial charge on any atom is -0.319 e. The lowest BCUT2D eigenvalue weighted by Crippen LogP contribution is -2.18. The second-order valence-corrected chi connectivity index (χ2v) is 5.18. The zero-order chi connectivity index (χ0) is 15.6. The van der Waals surface area contributed by atoms with Crippen LogP contribution in [0.15, 0.2) is 41.0 Å². The number of aromatic nitrogens is 1. The van der Waals surface area contributed by atoms with E-state index < -0.39 is 23.3 Å². The molecule has 0 unspecified atom stereocenters. The van der Waals surface area contributed by atoms with Gasteiger partial charge in [-0.15, -0.1) is 0 Å². The number of nitrogens with one attached hydrogen (secondary N) is 1. The van der Waals surface area contributed by atoms with E-state index in [9.17, 15) is 18.0 Å². The first-order valence-electron chi connectivity index (χ1n) is 5.58. The summed E-state index contributed by atoms with van der Waals surface area (Å²) < 4.78 is 39.1. The molecule has 0 fully saturated rings. The number of anilines is 1. The maximum Gasteiger partial charge on any atom is 0.418 e. The molecule has 1 N–H and O–H groups in total. The first-order chi connectivity index (χ1) is 9.79. The third kappa shape index (κ3) is 3.74. The number of nitrogens with zero attached hydrogens (tertiary/aromatic N) is 1. The minimum absolute atomic E-state index is 0.0302. The first-order valence-corrected chi connectivity index (χ1v) is 6.76. The summed E-state index contributed by atoms with van der Waals surface area (Å²) in [6, 6.07) is 7.79. The van der Waals surface area contributed by atoms with Crippen molar-refractivity contribution in [1.82, 2.24) is 4.98 Å². The Bertz CT molecular complexity index is 691. The molecule has 0 aliphatic rings. The molecule has 0 aliphatic heterocycles. The maximum atomic E-state index is 12.9. The highest BCUT2D eigenvalue weighted by atomic mass is 79.9. The average molecular weight is 380 g/mol. The molecule has 21 heavy (non-hydrogen) atoms. The SMILES string of the molecule is O=C(Nc1c(Cl)cccc1C(F)(F)F)c1cccc(Br)n1. The molecular weight excluding hydrogens is 373 g/mol. The van der Waals surface area contributed by atoms with Gasteiger partial charge in [0.1, 0.15) is 10.3 Å². The lowest BCUT2D eigenvalue weighted by atomic mass is 10.1. The summed E-state index contributed by atoms with van der Waals surface area (Å²) in [5.41, 5.74) is -1.53. The molecule has 0 atom stereocenters. The first kappa shape index (κ1) is 15.8. The molecular formula is C13H7BrClF3N2O. The summed E-state index contributed by atoms with van der Waals surface area (Å²) >= 11 is 8.83. The number of halogens is 5. The lowest BCUT2D eigenvalue weighted by Gasteiger charge is -2.14. The Balaban J connectivity index is 2.38. The van der Waals surface area contributed by atoms with Gasteiger partial charge in [0.05, 0.1) is 16.3 Å². The molecule has 0 aliphatic carbocycles. The summed E-state index contributed by atoms with van der Waals surface area (Å²) in [6.45, 7) is 0. The van der Waals surface area contributed by atoms with Crippen molar-refractivity contribution in [2.45, 2.75) is 6.18 Å². The molecule has 0 spiro atoms. The number of benzene rings is 1. The number of para-hydroxylation sites is 1. The Labute approximate surface area is 131 Å². The average Bonchev–Trinajstić information content (AvgIpc) is 2.39. The highest BCUT2D eigenvalue weighted by Crippen LogP contribution is 2.38. The van der Waals surface area contributed by atoms with Gasteiger partial charge < -0.3 is 5.32 Å². The molecule has 2 aromatic rings. The molecule has 1 amide bonds. The number of rotatable bonds is 2. The van der Waals surface area contributed by atoms with Crippen molar-refractivity contribution >= 4 is 39.1 Å². The largest absolute Gasteiger partial charge is 0.418 e. The van der Waals surface area contributed by atoms with E-state index in [-0.39, 0.29) is 10.7 Å². The predicted octanol–water partition coefficient (Wildman–Crippen LogP) is 4.77. The highest BCUT2D eigenvalue weighted by molar-refractivity contribution is 9.10. The Morgan fingerprint density at radius 1 is 1.19 bits per heavy atom. The normalized spacial score (nSPS) is 11.3. The molecule has 0 saturated heterocycles. The van der Waals surface area contributed by atoms with Gasteiger partial charge in [-0.25, -0.2) is 4.98 Å². The van der Waals surface area contributed by atoms with Crippen molar-refractivity contribution in [3.63, 3.8) is 0 Å². The van der Waals surface area contributed by atoms with Crippen LogP contribution in [0.25, 0.3) is 0 Å². The van der Waals surface area contributed by atoms with Gasteiger partial charge in [-0.2, -0.15) is 13.2 Å². The Kier molecular flexibility index (Phi) is 4.53. The van der Waals surface area contributed by atoms with E-state index in [0.717, 1.165) is 12.1 Å². The fourth-order valence-corrected chi connectivity index (χ4v) is 2.17. The van der Waals surface area contributed by atoms with Crippen LogP contribution in [0.4, 0.5) is 18.9 Å². The third-order valence-electron chi connectivity index (χ3n) is 2.51. The number of alkyl halides is 3. The minimum atomic E-state index is -4.63. The maximum absolute atomic E-state index is 12.9. The lowest BCUT2D eigenvalue weighted by molar-refractivity contribution is -0.136. The van der Waals surface area contributed by atoms with E-state index in [4.69, 9.17) is 11.6 Å². The third-order valence-corrected chi connectivity index (χ3v) is 3.26. The van der Waals surface area contributed by atoms with Gasteiger partial charge in [0, 0.05) is 0 Å². The quantitative estimate of drug-likeness (QED) is 0.764. The van der Waals surface area contributed by atoms with Gasteiger partial charge in [0.15, 0.2) is 0 Å². The second-order valence-electron chi connectivity index (χ2n) is 3.96. The monoisotopic (exact) mass is 378 g/mol. The summed E-state index contributed by atoms with van der Waals surface area (Å²) in [5, 5.41) is 1.95. The van der Waals surface area contributed by atoms with Gasteiger partial charge in [-0.3, -0.25) is 4.79 Å². The molecule has 1 aromatic heterocycles. The van der Waals surface area contributed by atoms with Crippen molar-refractivity contribution in [1.29, 1.82) is 0 Å². The van der Waals surface area contributed by atoms with Crippen molar-refractivity contribution in [2.24, 2.45) is 0 Å². The van der Waals surface area contributed by atoms with Gasteiger partial charge in [0.25, 0.3) is 5.91 Å². The highest BCUT2D eigenvalue weighted by Gasteiger charge is 2.34. The van der Waals surface area contributed by atoms with Gasteiger partial charge >= 0.3 is 6.18 Å². The van der Waals surface area contributed by atoms with E-state index in [1.165, 1.54) is 12.1 Å². The second kappa shape index (κ2) is 6.03. The topological polar surface area (TPSA) is 42.0 Å².